The fourth-order valence-electron chi connectivity index (χ4n) is 2.74. The Kier molecular flexibility index (Phi) is 5.15. The molecule has 0 heterocycles. The standard InChI is InChI=1S/C15H19ClN2O2/c16-13-8-4-3-7-12(13)14(19)9-18(10-15(17)20)11-5-1-2-6-11/h3-4,7-8,11H,1-2,5-6,9-10H2,(H2,17,20). The highest BCUT2D eigenvalue weighted by Crippen LogP contribution is 2.24. The molecule has 2 N–H and O–H groups in total. The third-order valence-corrected chi connectivity index (χ3v) is 4.05. The molecule has 20 heavy (non-hydrogen) atoms. The van der Waals surface area contributed by atoms with E-state index >= 15 is 0 Å². The van der Waals surface area contributed by atoms with Crippen LogP contribution >= 0.6 is 11.6 Å². The minimum Gasteiger partial charge on any atom is -0.369 e. The van der Waals surface area contributed by atoms with E-state index in [0.717, 1.165) is 25.7 Å². The number of rotatable bonds is 6. The average molecular weight is 295 g/mol. The van der Waals surface area contributed by atoms with Gasteiger partial charge in [-0.3, -0.25) is 14.5 Å². The summed E-state index contributed by atoms with van der Waals surface area (Å²) in [7, 11) is 0. The van der Waals surface area contributed by atoms with Gasteiger partial charge in [0.05, 0.1) is 18.1 Å². The van der Waals surface area contributed by atoms with E-state index in [1.54, 1.807) is 24.3 Å². The molecule has 0 aliphatic heterocycles. The lowest BCUT2D eigenvalue weighted by atomic mass is 10.1. The molecule has 2 rings (SSSR count). The van der Waals surface area contributed by atoms with Crippen molar-refractivity contribution in [1.29, 1.82) is 0 Å². The van der Waals surface area contributed by atoms with Crippen LogP contribution in [0.3, 0.4) is 0 Å². The van der Waals surface area contributed by atoms with E-state index in [-0.39, 0.29) is 24.9 Å². The Morgan fingerprint density at radius 2 is 1.85 bits per heavy atom. The first-order valence-electron chi connectivity index (χ1n) is 6.88. The van der Waals surface area contributed by atoms with E-state index in [1.807, 2.05) is 4.90 Å². The summed E-state index contributed by atoms with van der Waals surface area (Å²) >= 11 is 6.04. The number of amides is 1. The highest BCUT2D eigenvalue weighted by atomic mass is 35.5. The smallest absolute Gasteiger partial charge is 0.231 e. The van der Waals surface area contributed by atoms with Crippen molar-refractivity contribution >= 4 is 23.3 Å². The molecule has 1 aliphatic carbocycles. The largest absolute Gasteiger partial charge is 0.369 e. The fourth-order valence-corrected chi connectivity index (χ4v) is 2.98. The van der Waals surface area contributed by atoms with Crippen LogP contribution in [0.5, 0.6) is 0 Å². The van der Waals surface area contributed by atoms with E-state index in [4.69, 9.17) is 17.3 Å². The quantitative estimate of drug-likeness (QED) is 0.819. The Morgan fingerprint density at radius 1 is 1.20 bits per heavy atom. The maximum atomic E-state index is 12.3. The first-order valence-corrected chi connectivity index (χ1v) is 7.26. The predicted molar refractivity (Wildman–Crippen MR) is 78.8 cm³/mol. The minimum atomic E-state index is -0.399. The second kappa shape index (κ2) is 6.86. The summed E-state index contributed by atoms with van der Waals surface area (Å²) in [5.41, 5.74) is 5.79. The summed E-state index contributed by atoms with van der Waals surface area (Å²) in [4.78, 5) is 25.4. The van der Waals surface area contributed by atoms with Crippen molar-refractivity contribution in [2.45, 2.75) is 31.7 Å². The van der Waals surface area contributed by atoms with Crippen molar-refractivity contribution in [3.05, 3.63) is 34.9 Å². The molecule has 0 spiro atoms. The zero-order valence-electron chi connectivity index (χ0n) is 11.3. The zero-order chi connectivity index (χ0) is 14.5. The monoisotopic (exact) mass is 294 g/mol. The Labute approximate surface area is 123 Å². The van der Waals surface area contributed by atoms with Crippen LogP contribution in [-0.4, -0.2) is 35.7 Å². The van der Waals surface area contributed by atoms with E-state index < -0.39 is 5.91 Å². The van der Waals surface area contributed by atoms with Crippen LogP contribution in [0.4, 0.5) is 0 Å². The lowest BCUT2D eigenvalue weighted by molar-refractivity contribution is -0.119. The summed E-state index contributed by atoms with van der Waals surface area (Å²) < 4.78 is 0. The number of hydrogen-bond donors (Lipinski definition) is 1. The molecule has 1 fully saturated rings. The molecule has 1 aliphatic rings. The molecule has 1 saturated carbocycles. The molecule has 0 saturated heterocycles. The van der Waals surface area contributed by atoms with Crippen LogP contribution < -0.4 is 5.73 Å². The predicted octanol–water partition coefficient (Wildman–Crippen LogP) is 2.25. The normalized spacial score (nSPS) is 15.7. The number of hydrogen-bond acceptors (Lipinski definition) is 3. The average Bonchev–Trinajstić information content (AvgIpc) is 2.91. The Morgan fingerprint density at radius 3 is 2.45 bits per heavy atom. The summed E-state index contributed by atoms with van der Waals surface area (Å²) in [5, 5.41) is 0.447. The van der Waals surface area contributed by atoms with Gasteiger partial charge in [0.25, 0.3) is 0 Å². The topological polar surface area (TPSA) is 63.4 Å². The van der Waals surface area contributed by atoms with Gasteiger partial charge in [-0.25, -0.2) is 0 Å². The molecular weight excluding hydrogens is 276 g/mol. The van der Waals surface area contributed by atoms with Gasteiger partial charge in [0, 0.05) is 11.6 Å². The number of carbonyl (C=O) groups is 2. The van der Waals surface area contributed by atoms with Gasteiger partial charge in [-0.2, -0.15) is 0 Å². The van der Waals surface area contributed by atoms with Crippen LogP contribution in [0.2, 0.25) is 5.02 Å². The fraction of sp³-hybridized carbons (Fsp3) is 0.467. The summed E-state index contributed by atoms with van der Waals surface area (Å²) in [5.74, 6) is -0.465. The highest BCUT2D eigenvalue weighted by molar-refractivity contribution is 6.34. The maximum Gasteiger partial charge on any atom is 0.231 e. The van der Waals surface area contributed by atoms with Gasteiger partial charge in [-0.05, 0) is 25.0 Å². The minimum absolute atomic E-state index is 0.0660. The lowest BCUT2D eigenvalue weighted by Crippen LogP contribution is -2.43. The lowest BCUT2D eigenvalue weighted by Gasteiger charge is -2.26. The van der Waals surface area contributed by atoms with Crippen LogP contribution in [-0.2, 0) is 4.79 Å². The van der Waals surface area contributed by atoms with Crippen molar-refractivity contribution in [3.63, 3.8) is 0 Å². The molecule has 1 aromatic carbocycles. The molecule has 0 atom stereocenters. The van der Waals surface area contributed by atoms with Crippen molar-refractivity contribution < 1.29 is 9.59 Å². The number of Topliss-reactive ketones (excluding diaryl/α,β-unsaturated/α-hetero) is 1. The van der Waals surface area contributed by atoms with Crippen molar-refractivity contribution in [1.82, 2.24) is 4.90 Å². The van der Waals surface area contributed by atoms with Crippen molar-refractivity contribution in [2.24, 2.45) is 5.73 Å². The number of benzene rings is 1. The van der Waals surface area contributed by atoms with Crippen LogP contribution in [0, 0.1) is 0 Å². The first kappa shape index (κ1) is 15.0. The van der Waals surface area contributed by atoms with Crippen LogP contribution in [0.25, 0.3) is 0 Å². The molecule has 0 aromatic heterocycles. The molecule has 0 unspecified atom stereocenters. The third-order valence-electron chi connectivity index (χ3n) is 3.72. The van der Waals surface area contributed by atoms with E-state index in [2.05, 4.69) is 0 Å². The van der Waals surface area contributed by atoms with E-state index in [9.17, 15) is 9.59 Å². The number of nitrogens with two attached hydrogens (primary N) is 1. The van der Waals surface area contributed by atoms with Crippen LogP contribution in [0.15, 0.2) is 24.3 Å². The second-order valence-corrected chi connectivity index (χ2v) is 5.62. The van der Waals surface area contributed by atoms with Crippen LogP contribution in [0.1, 0.15) is 36.0 Å². The van der Waals surface area contributed by atoms with Gasteiger partial charge in [0.15, 0.2) is 5.78 Å². The van der Waals surface area contributed by atoms with Gasteiger partial charge in [-0.15, -0.1) is 0 Å². The van der Waals surface area contributed by atoms with Gasteiger partial charge in [0.1, 0.15) is 0 Å². The number of halogens is 1. The number of carbonyl (C=O) groups excluding carboxylic acids is 2. The molecule has 1 aromatic rings. The molecular formula is C15H19ClN2O2. The van der Waals surface area contributed by atoms with Gasteiger partial charge in [-0.1, -0.05) is 36.6 Å². The molecule has 0 radical (unpaired) electrons. The Hall–Kier alpha value is -1.39. The third kappa shape index (κ3) is 3.81. The molecule has 5 heteroatoms. The van der Waals surface area contributed by atoms with Crippen molar-refractivity contribution in [2.75, 3.05) is 13.1 Å². The van der Waals surface area contributed by atoms with Gasteiger partial charge in [0.2, 0.25) is 5.91 Å². The number of primary amides is 1. The molecule has 4 nitrogen and oxygen atoms in total. The van der Waals surface area contributed by atoms with E-state index in [0.29, 0.717) is 10.6 Å². The number of ketones is 1. The second-order valence-electron chi connectivity index (χ2n) is 5.21. The SMILES string of the molecule is NC(=O)CN(CC(=O)c1ccccc1Cl)C1CCCC1. The highest BCUT2D eigenvalue weighted by Gasteiger charge is 2.26. The Balaban J connectivity index is 2.08. The van der Waals surface area contributed by atoms with Gasteiger partial charge < -0.3 is 5.73 Å². The molecule has 1 amide bonds. The van der Waals surface area contributed by atoms with Crippen molar-refractivity contribution in [3.8, 4) is 0 Å². The molecule has 0 bridgehead atoms. The molecule has 108 valence electrons. The summed E-state index contributed by atoms with van der Waals surface area (Å²) in [6, 6.07) is 7.25. The number of nitrogens with zero attached hydrogens (tertiary/aromatic N) is 1. The van der Waals surface area contributed by atoms with Gasteiger partial charge >= 0.3 is 0 Å². The summed E-state index contributed by atoms with van der Waals surface area (Å²) in [6.45, 7) is 0.318. The zero-order valence-corrected chi connectivity index (χ0v) is 12.1. The maximum absolute atomic E-state index is 12.3. The Bertz CT molecular complexity index is 498. The summed E-state index contributed by atoms with van der Waals surface area (Å²) in [6.07, 6.45) is 4.31. The van der Waals surface area contributed by atoms with E-state index in [1.165, 1.54) is 0 Å². The first-order chi connectivity index (χ1) is 9.58.